The largest absolute Gasteiger partial charge is 0.478 e. The molecule has 8 nitrogen and oxygen atoms in total. The summed E-state index contributed by atoms with van der Waals surface area (Å²) < 4.78 is 6.49. The molecule has 1 atom stereocenters. The Morgan fingerprint density at radius 3 is 2.92 bits per heavy atom. The molecule has 3 rings (SSSR count). The van der Waals surface area contributed by atoms with Crippen LogP contribution in [0.2, 0.25) is 0 Å². The molecule has 0 spiro atoms. The predicted octanol–water partition coefficient (Wildman–Crippen LogP) is 1.51. The highest BCUT2D eigenvalue weighted by Gasteiger charge is 2.27. The number of nitrogens with one attached hydrogen (secondary N) is 1. The van der Waals surface area contributed by atoms with Gasteiger partial charge in [0, 0.05) is 18.1 Å². The van der Waals surface area contributed by atoms with Crippen molar-refractivity contribution in [1.29, 1.82) is 0 Å². The normalized spacial score (nSPS) is 14.9. The van der Waals surface area contributed by atoms with Crippen LogP contribution in [0, 0.1) is 0 Å². The Morgan fingerprint density at radius 1 is 1.42 bits per heavy atom. The number of carbonyl (C=O) groups is 1. The molecular weight excluding hydrogens is 310 g/mol. The van der Waals surface area contributed by atoms with Gasteiger partial charge in [-0.1, -0.05) is 0 Å². The standard InChI is InChI=1S/C16H19N5O3/c1-3-24-14-8-13(17-9-18-14)19-16(23)10(2)21-15(22)7-6-12(20-21)11-4-5-11/h6-11H,3-5H2,1-2H3,(H,17,18,19,23). The van der Waals surface area contributed by atoms with Gasteiger partial charge in [0.25, 0.3) is 5.56 Å². The molecule has 126 valence electrons. The SMILES string of the molecule is CCOc1cc(NC(=O)C(C)n2nc(C3CC3)ccc2=O)ncn1. The molecule has 1 amide bonds. The first-order chi connectivity index (χ1) is 11.6. The second kappa shape index (κ2) is 6.77. The maximum absolute atomic E-state index is 12.4. The average molecular weight is 329 g/mol. The molecule has 0 aliphatic heterocycles. The van der Waals surface area contributed by atoms with Crippen LogP contribution < -0.4 is 15.6 Å². The molecule has 2 aromatic heterocycles. The van der Waals surface area contributed by atoms with E-state index in [2.05, 4.69) is 20.4 Å². The minimum absolute atomic E-state index is 0.306. The van der Waals surface area contributed by atoms with Crippen LogP contribution in [0.15, 0.2) is 29.3 Å². The van der Waals surface area contributed by atoms with Crippen molar-refractivity contribution >= 4 is 11.7 Å². The molecule has 1 aliphatic carbocycles. The molecule has 1 aliphatic rings. The van der Waals surface area contributed by atoms with Gasteiger partial charge in [-0.05, 0) is 32.8 Å². The van der Waals surface area contributed by atoms with Gasteiger partial charge in [0.2, 0.25) is 11.8 Å². The number of ether oxygens (including phenoxy) is 1. The highest BCUT2D eigenvalue weighted by Crippen LogP contribution is 2.38. The number of rotatable bonds is 6. The van der Waals surface area contributed by atoms with Crippen molar-refractivity contribution in [3.8, 4) is 5.88 Å². The zero-order valence-electron chi connectivity index (χ0n) is 13.6. The monoisotopic (exact) mass is 329 g/mol. The zero-order valence-corrected chi connectivity index (χ0v) is 13.6. The van der Waals surface area contributed by atoms with Gasteiger partial charge in [0.05, 0.1) is 12.3 Å². The maximum Gasteiger partial charge on any atom is 0.267 e. The van der Waals surface area contributed by atoms with Crippen molar-refractivity contribution < 1.29 is 9.53 Å². The van der Waals surface area contributed by atoms with Crippen LogP contribution in [0.4, 0.5) is 5.82 Å². The summed E-state index contributed by atoms with van der Waals surface area (Å²) in [4.78, 5) is 32.4. The van der Waals surface area contributed by atoms with Crippen LogP contribution >= 0.6 is 0 Å². The van der Waals surface area contributed by atoms with E-state index < -0.39 is 6.04 Å². The van der Waals surface area contributed by atoms with Crippen molar-refractivity contribution in [3.63, 3.8) is 0 Å². The molecule has 0 radical (unpaired) electrons. The lowest BCUT2D eigenvalue weighted by molar-refractivity contribution is -0.119. The Hall–Kier alpha value is -2.77. The van der Waals surface area contributed by atoms with E-state index >= 15 is 0 Å². The Balaban J connectivity index is 1.76. The van der Waals surface area contributed by atoms with Gasteiger partial charge in [-0.3, -0.25) is 9.59 Å². The van der Waals surface area contributed by atoms with Gasteiger partial charge in [-0.15, -0.1) is 0 Å². The van der Waals surface area contributed by atoms with E-state index in [0.717, 1.165) is 18.5 Å². The molecule has 1 fully saturated rings. The summed E-state index contributed by atoms with van der Waals surface area (Å²) in [6.45, 7) is 3.94. The van der Waals surface area contributed by atoms with Crippen LogP contribution in [0.3, 0.4) is 0 Å². The summed E-state index contributed by atoms with van der Waals surface area (Å²) in [6, 6.07) is 3.98. The quantitative estimate of drug-likeness (QED) is 0.862. The van der Waals surface area contributed by atoms with Gasteiger partial charge in [0.1, 0.15) is 18.2 Å². The molecular formula is C16H19N5O3. The number of amides is 1. The van der Waals surface area contributed by atoms with E-state index in [0.29, 0.717) is 24.2 Å². The summed E-state index contributed by atoms with van der Waals surface area (Å²) in [5.74, 6) is 0.722. The number of aromatic nitrogens is 4. The minimum Gasteiger partial charge on any atom is -0.478 e. The Morgan fingerprint density at radius 2 is 2.21 bits per heavy atom. The Kier molecular flexibility index (Phi) is 4.54. The van der Waals surface area contributed by atoms with E-state index in [-0.39, 0.29) is 11.5 Å². The van der Waals surface area contributed by atoms with Crippen molar-refractivity contribution in [3.05, 3.63) is 40.6 Å². The van der Waals surface area contributed by atoms with Gasteiger partial charge in [-0.2, -0.15) is 5.10 Å². The fourth-order valence-corrected chi connectivity index (χ4v) is 2.29. The topological polar surface area (TPSA) is 99.0 Å². The molecule has 1 N–H and O–H groups in total. The van der Waals surface area contributed by atoms with Crippen LogP contribution in [-0.2, 0) is 4.79 Å². The summed E-state index contributed by atoms with van der Waals surface area (Å²) in [7, 11) is 0. The highest BCUT2D eigenvalue weighted by molar-refractivity contribution is 5.92. The third kappa shape index (κ3) is 3.58. The van der Waals surface area contributed by atoms with E-state index in [1.54, 1.807) is 13.0 Å². The fraction of sp³-hybridized carbons (Fsp3) is 0.438. The molecule has 24 heavy (non-hydrogen) atoms. The lowest BCUT2D eigenvalue weighted by atomic mass is 10.2. The van der Waals surface area contributed by atoms with Gasteiger partial charge in [-0.25, -0.2) is 14.6 Å². The molecule has 0 aromatic carbocycles. The predicted molar refractivity (Wildman–Crippen MR) is 87.0 cm³/mol. The summed E-state index contributed by atoms with van der Waals surface area (Å²) in [5, 5.41) is 6.99. The average Bonchev–Trinajstić information content (AvgIpc) is 3.40. The zero-order chi connectivity index (χ0) is 17.1. The molecule has 2 aromatic rings. The summed E-state index contributed by atoms with van der Waals surface area (Å²) in [5.41, 5.74) is 0.551. The Labute approximate surface area is 138 Å². The molecule has 1 unspecified atom stereocenters. The highest BCUT2D eigenvalue weighted by atomic mass is 16.5. The van der Waals surface area contributed by atoms with Gasteiger partial charge < -0.3 is 10.1 Å². The van der Waals surface area contributed by atoms with E-state index in [1.807, 2.05) is 6.92 Å². The van der Waals surface area contributed by atoms with Crippen LogP contribution in [0.1, 0.15) is 44.3 Å². The molecule has 1 saturated carbocycles. The first kappa shape index (κ1) is 16.1. The van der Waals surface area contributed by atoms with Crippen molar-refractivity contribution in [2.45, 2.75) is 38.6 Å². The minimum atomic E-state index is -0.748. The molecule has 2 heterocycles. The number of hydrogen-bond acceptors (Lipinski definition) is 6. The smallest absolute Gasteiger partial charge is 0.267 e. The molecule has 0 saturated heterocycles. The lowest BCUT2D eigenvalue weighted by Crippen LogP contribution is -2.33. The number of hydrogen-bond donors (Lipinski definition) is 1. The number of carbonyl (C=O) groups excluding carboxylic acids is 1. The summed E-state index contributed by atoms with van der Waals surface area (Å²) >= 11 is 0. The van der Waals surface area contributed by atoms with Crippen molar-refractivity contribution in [2.24, 2.45) is 0 Å². The fourth-order valence-electron chi connectivity index (χ4n) is 2.29. The second-order valence-electron chi connectivity index (χ2n) is 5.66. The molecule has 0 bridgehead atoms. The van der Waals surface area contributed by atoms with Crippen LogP contribution in [0.5, 0.6) is 5.88 Å². The Bertz CT molecular complexity index is 800. The summed E-state index contributed by atoms with van der Waals surface area (Å²) in [6.07, 6.45) is 3.46. The van der Waals surface area contributed by atoms with E-state index in [1.165, 1.54) is 23.1 Å². The van der Waals surface area contributed by atoms with Crippen molar-refractivity contribution in [2.75, 3.05) is 11.9 Å². The van der Waals surface area contributed by atoms with E-state index in [9.17, 15) is 9.59 Å². The van der Waals surface area contributed by atoms with Gasteiger partial charge >= 0.3 is 0 Å². The number of anilines is 1. The maximum atomic E-state index is 12.4. The molecule has 8 heteroatoms. The van der Waals surface area contributed by atoms with Crippen molar-refractivity contribution in [1.82, 2.24) is 19.7 Å². The van der Waals surface area contributed by atoms with Crippen LogP contribution in [0.25, 0.3) is 0 Å². The lowest BCUT2D eigenvalue weighted by Gasteiger charge is -2.14. The van der Waals surface area contributed by atoms with E-state index in [4.69, 9.17) is 4.74 Å². The third-order valence-corrected chi connectivity index (χ3v) is 3.77. The second-order valence-corrected chi connectivity index (χ2v) is 5.66. The van der Waals surface area contributed by atoms with Gasteiger partial charge in [0.15, 0.2) is 0 Å². The third-order valence-electron chi connectivity index (χ3n) is 3.77. The number of nitrogens with zero attached hydrogens (tertiary/aromatic N) is 4. The first-order valence-electron chi connectivity index (χ1n) is 7.94. The first-order valence-corrected chi connectivity index (χ1v) is 7.94. The van der Waals surface area contributed by atoms with Crippen LogP contribution in [-0.4, -0.2) is 32.3 Å².